The van der Waals surface area contributed by atoms with Gasteiger partial charge in [-0.25, -0.2) is 13.8 Å². The van der Waals surface area contributed by atoms with Gasteiger partial charge in [-0.2, -0.15) is 9.41 Å². The van der Waals surface area contributed by atoms with Crippen molar-refractivity contribution in [3.05, 3.63) is 29.8 Å². The highest BCUT2D eigenvalue weighted by atomic mass is 32.2. The fourth-order valence-electron chi connectivity index (χ4n) is 3.77. The first-order chi connectivity index (χ1) is 13.4. The van der Waals surface area contributed by atoms with Crippen molar-refractivity contribution in [1.29, 1.82) is 0 Å². The molecule has 1 aliphatic carbocycles. The summed E-state index contributed by atoms with van der Waals surface area (Å²) in [6.07, 6.45) is 6.97. The minimum absolute atomic E-state index is 0.00972. The number of carbonyl (C=O) groups is 1. The predicted molar refractivity (Wildman–Crippen MR) is 110 cm³/mol. The Hall–Kier alpha value is -1.77. The third-order valence-electron chi connectivity index (χ3n) is 5.74. The minimum Gasteiger partial charge on any atom is -0.306 e. The number of hydrogen-bond acceptors (Lipinski definition) is 5. The maximum absolute atomic E-state index is 12.9. The molecule has 3 rings (SSSR count). The van der Waals surface area contributed by atoms with E-state index in [-0.39, 0.29) is 16.8 Å². The molecule has 0 spiro atoms. The van der Waals surface area contributed by atoms with Crippen molar-refractivity contribution in [1.82, 2.24) is 14.6 Å². The zero-order chi connectivity index (χ0) is 20.1. The molecule has 1 heterocycles. The molecule has 8 heteroatoms. The van der Waals surface area contributed by atoms with Gasteiger partial charge in [0.2, 0.25) is 10.0 Å². The molecule has 0 bridgehead atoms. The monoisotopic (exact) mass is 406 g/mol. The number of likely N-dealkylation sites (tertiary alicyclic amines) is 1. The van der Waals surface area contributed by atoms with E-state index in [2.05, 4.69) is 15.4 Å². The van der Waals surface area contributed by atoms with E-state index >= 15 is 0 Å². The van der Waals surface area contributed by atoms with Gasteiger partial charge in [-0.05, 0) is 82.9 Å². The molecule has 2 aliphatic rings. The van der Waals surface area contributed by atoms with Gasteiger partial charge in [0.25, 0.3) is 5.91 Å². The van der Waals surface area contributed by atoms with Crippen LogP contribution in [0.25, 0.3) is 0 Å². The number of amides is 1. The summed E-state index contributed by atoms with van der Waals surface area (Å²) in [5, 5.41) is 4.21. The van der Waals surface area contributed by atoms with Crippen LogP contribution in [0.5, 0.6) is 0 Å². The fourth-order valence-corrected chi connectivity index (χ4v) is 5.18. The van der Waals surface area contributed by atoms with Crippen molar-refractivity contribution in [2.45, 2.75) is 55.9 Å². The summed E-state index contributed by atoms with van der Waals surface area (Å²) in [4.78, 5) is 14.7. The Morgan fingerprint density at radius 2 is 1.71 bits per heavy atom. The van der Waals surface area contributed by atoms with Gasteiger partial charge in [0.05, 0.1) is 4.90 Å². The first kappa shape index (κ1) is 21.0. The van der Waals surface area contributed by atoms with Gasteiger partial charge in [-0.3, -0.25) is 4.79 Å². The molecule has 1 amide bonds. The standard InChI is InChI=1S/C20H30N4O3S/c1-23-14-12-18(13-15-23)24(2)28(26,27)19-10-8-16(9-11-19)20(25)22-21-17-6-4-3-5-7-17/h8-11,18H,3-7,12-15H2,1-2H3,(H,22,25). The molecule has 0 radical (unpaired) electrons. The zero-order valence-electron chi connectivity index (χ0n) is 16.7. The molecule has 7 nitrogen and oxygen atoms in total. The Kier molecular flexibility index (Phi) is 6.85. The molecule has 1 saturated heterocycles. The second-order valence-corrected chi connectivity index (χ2v) is 9.76. The Balaban J connectivity index is 1.64. The van der Waals surface area contributed by atoms with Crippen molar-refractivity contribution in [3.63, 3.8) is 0 Å². The molecule has 1 aliphatic heterocycles. The SMILES string of the molecule is CN1CCC(N(C)S(=O)(=O)c2ccc(C(=O)NN=C3CCCCC3)cc2)CC1. The first-order valence-electron chi connectivity index (χ1n) is 10.0. The van der Waals surface area contributed by atoms with Gasteiger partial charge in [0.1, 0.15) is 0 Å². The fraction of sp³-hybridized carbons (Fsp3) is 0.600. The second-order valence-electron chi connectivity index (χ2n) is 7.76. The summed E-state index contributed by atoms with van der Waals surface area (Å²) < 4.78 is 27.3. The van der Waals surface area contributed by atoms with Gasteiger partial charge in [-0.15, -0.1) is 0 Å². The Labute approximate surface area is 167 Å². The van der Waals surface area contributed by atoms with Crippen LogP contribution in [0.2, 0.25) is 0 Å². The molecule has 1 aromatic rings. The number of nitrogens with one attached hydrogen (secondary N) is 1. The summed E-state index contributed by atoms with van der Waals surface area (Å²) >= 11 is 0. The molecule has 0 atom stereocenters. The quantitative estimate of drug-likeness (QED) is 0.762. The van der Waals surface area contributed by atoms with Crippen LogP contribution in [0.3, 0.4) is 0 Å². The third kappa shape index (κ3) is 4.98. The molecular weight excluding hydrogens is 376 g/mol. The smallest absolute Gasteiger partial charge is 0.271 e. The van der Waals surface area contributed by atoms with Crippen LogP contribution in [0.15, 0.2) is 34.3 Å². The van der Waals surface area contributed by atoms with E-state index in [9.17, 15) is 13.2 Å². The van der Waals surface area contributed by atoms with Crippen molar-refractivity contribution in [2.75, 3.05) is 27.2 Å². The Morgan fingerprint density at radius 3 is 2.32 bits per heavy atom. The highest BCUT2D eigenvalue weighted by Crippen LogP contribution is 2.22. The summed E-state index contributed by atoms with van der Waals surface area (Å²) in [5.74, 6) is -0.314. The Morgan fingerprint density at radius 1 is 1.11 bits per heavy atom. The normalized spacial score (nSPS) is 19.6. The van der Waals surface area contributed by atoms with Gasteiger partial charge >= 0.3 is 0 Å². The summed E-state index contributed by atoms with van der Waals surface area (Å²) in [5.41, 5.74) is 4.02. The van der Waals surface area contributed by atoms with Crippen LogP contribution in [-0.4, -0.2) is 62.5 Å². The first-order valence-corrected chi connectivity index (χ1v) is 11.4. The summed E-state index contributed by atoms with van der Waals surface area (Å²) in [6, 6.07) is 6.11. The third-order valence-corrected chi connectivity index (χ3v) is 7.67. The largest absolute Gasteiger partial charge is 0.306 e. The molecule has 1 saturated carbocycles. The second kappa shape index (κ2) is 9.15. The molecule has 2 fully saturated rings. The number of rotatable bonds is 5. The number of benzene rings is 1. The average Bonchev–Trinajstić information content (AvgIpc) is 2.73. The van der Waals surface area contributed by atoms with Gasteiger partial charge in [0, 0.05) is 24.4 Å². The van der Waals surface area contributed by atoms with E-state index in [4.69, 9.17) is 0 Å². The molecular formula is C20H30N4O3S. The maximum Gasteiger partial charge on any atom is 0.271 e. The van der Waals surface area contributed by atoms with Crippen molar-refractivity contribution < 1.29 is 13.2 Å². The minimum atomic E-state index is -3.57. The molecule has 1 aromatic carbocycles. The number of nitrogens with zero attached hydrogens (tertiary/aromatic N) is 3. The van der Waals surface area contributed by atoms with Crippen LogP contribution in [0, 0.1) is 0 Å². The highest BCUT2D eigenvalue weighted by molar-refractivity contribution is 7.89. The van der Waals surface area contributed by atoms with E-state index < -0.39 is 10.0 Å². The summed E-state index contributed by atoms with van der Waals surface area (Å²) in [6.45, 7) is 1.79. The van der Waals surface area contributed by atoms with Gasteiger partial charge in [-0.1, -0.05) is 6.42 Å². The molecule has 0 unspecified atom stereocenters. The topological polar surface area (TPSA) is 82.1 Å². The number of hydrazone groups is 1. The van der Waals surface area contributed by atoms with Crippen molar-refractivity contribution in [3.8, 4) is 0 Å². The zero-order valence-corrected chi connectivity index (χ0v) is 17.5. The van der Waals surface area contributed by atoms with Crippen LogP contribution in [0.4, 0.5) is 0 Å². The lowest BCUT2D eigenvalue weighted by molar-refractivity contribution is 0.0954. The average molecular weight is 407 g/mol. The van der Waals surface area contributed by atoms with E-state index in [1.165, 1.54) is 22.9 Å². The number of hydrogen-bond donors (Lipinski definition) is 1. The Bertz CT molecular complexity index is 804. The number of carbonyl (C=O) groups excluding carboxylic acids is 1. The van der Waals surface area contributed by atoms with Gasteiger partial charge < -0.3 is 4.90 Å². The van der Waals surface area contributed by atoms with Crippen molar-refractivity contribution >= 4 is 21.6 Å². The van der Waals surface area contributed by atoms with Crippen LogP contribution in [0.1, 0.15) is 55.3 Å². The molecule has 154 valence electrons. The van der Waals surface area contributed by atoms with Crippen LogP contribution in [-0.2, 0) is 10.0 Å². The molecule has 28 heavy (non-hydrogen) atoms. The highest BCUT2D eigenvalue weighted by Gasteiger charge is 2.30. The lowest BCUT2D eigenvalue weighted by Gasteiger charge is -2.34. The van der Waals surface area contributed by atoms with E-state index in [1.807, 2.05) is 7.05 Å². The van der Waals surface area contributed by atoms with Crippen LogP contribution < -0.4 is 5.43 Å². The maximum atomic E-state index is 12.9. The summed E-state index contributed by atoms with van der Waals surface area (Å²) in [7, 11) is 0.122. The predicted octanol–water partition coefficient (Wildman–Crippen LogP) is 2.45. The number of sulfonamides is 1. The lowest BCUT2D eigenvalue weighted by atomic mass is 9.99. The van der Waals surface area contributed by atoms with E-state index in [1.54, 1.807) is 19.2 Å². The van der Waals surface area contributed by atoms with E-state index in [0.717, 1.165) is 57.3 Å². The van der Waals surface area contributed by atoms with Crippen molar-refractivity contribution in [2.24, 2.45) is 5.10 Å². The van der Waals surface area contributed by atoms with Crippen LogP contribution >= 0.6 is 0 Å². The molecule has 1 N–H and O–H groups in total. The van der Waals surface area contributed by atoms with E-state index in [0.29, 0.717) is 5.56 Å². The number of piperidine rings is 1. The van der Waals surface area contributed by atoms with Gasteiger partial charge in [0.15, 0.2) is 0 Å². The molecule has 0 aromatic heterocycles. The lowest BCUT2D eigenvalue weighted by Crippen LogP contribution is -2.44.